The van der Waals surface area contributed by atoms with Crippen LogP contribution in [0.3, 0.4) is 0 Å². The van der Waals surface area contributed by atoms with E-state index in [1.165, 1.54) is 19.3 Å². The molecule has 136 valence electrons. The molecule has 2 nitrogen and oxygen atoms in total. The van der Waals surface area contributed by atoms with E-state index in [-0.39, 0.29) is 10.5 Å². The van der Waals surface area contributed by atoms with Gasteiger partial charge in [0.1, 0.15) is 5.75 Å². The summed E-state index contributed by atoms with van der Waals surface area (Å²) in [6, 6.07) is 5.75. The Bertz CT molecular complexity index is 560. The lowest BCUT2D eigenvalue weighted by molar-refractivity contribution is 0.00486. The molecule has 2 rings (SSSR count). The SMILES string of the molecule is CC(C)(C)[Si](C)(C)OCC1(COc2ccc(Br)c(Cl)c2)CCC1.[B][B]. The summed E-state index contributed by atoms with van der Waals surface area (Å²) in [6.45, 7) is 13.0. The largest absolute Gasteiger partial charge is 0.493 e. The minimum atomic E-state index is -1.70. The molecule has 1 aliphatic rings. The Labute approximate surface area is 170 Å². The van der Waals surface area contributed by atoms with Gasteiger partial charge in [0.15, 0.2) is 8.32 Å². The van der Waals surface area contributed by atoms with Crippen LogP contribution in [-0.4, -0.2) is 37.0 Å². The minimum Gasteiger partial charge on any atom is -0.493 e. The zero-order chi connectivity index (χ0) is 19.3. The molecule has 0 bridgehead atoms. The van der Waals surface area contributed by atoms with Crippen LogP contribution < -0.4 is 4.74 Å². The van der Waals surface area contributed by atoms with Crippen LogP contribution in [0.15, 0.2) is 22.7 Å². The van der Waals surface area contributed by atoms with Crippen molar-refractivity contribution in [3.05, 3.63) is 27.7 Å². The average Bonchev–Trinajstić information content (AvgIpc) is 2.50. The molecule has 0 N–H and O–H groups in total. The van der Waals surface area contributed by atoms with Crippen molar-refractivity contribution in [3.63, 3.8) is 0 Å². The molecule has 0 aromatic heterocycles. The average molecular weight is 441 g/mol. The highest BCUT2D eigenvalue weighted by molar-refractivity contribution is 9.10. The fraction of sp³-hybridized carbons (Fsp3) is 0.667. The van der Waals surface area contributed by atoms with Crippen molar-refractivity contribution in [1.82, 2.24) is 0 Å². The summed E-state index contributed by atoms with van der Waals surface area (Å²) in [5, 5.41) is 0.931. The van der Waals surface area contributed by atoms with Gasteiger partial charge in [-0.2, -0.15) is 0 Å². The van der Waals surface area contributed by atoms with Crippen LogP contribution in [0.25, 0.3) is 0 Å². The highest BCUT2D eigenvalue weighted by Crippen LogP contribution is 2.44. The molecule has 7 heteroatoms. The summed E-state index contributed by atoms with van der Waals surface area (Å²) in [7, 11) is 6.30. The van der Waals surface area contributed by atoms with Gasteiger partial charge < -0.3 is 9.16 Å². The summed E-state index contributed by atoms with van der Waals surface area (Å²) in [4.78, 5) is 0. The van der Waals surface area contributed by atoms with Crippen LogP contribution >= 0.6 is 27.5 Å². The summed E-state index contributed by atoms with van der Waals surface area (Å²) >= 11 is 9.54. The molecule has 1 aromatic rings. The highest BCUT2D eigenvalue weighted by atomic mass is 79.9. The monoisotopic (exact) mass is 440 g/mol. The third kappa shape index (κ3) is 6.33. The number of hydrogen-bond acceptors (Lipinski definition) is 2. The molecule has 0 amide bonds. The van der Waals surface area contributed by atoms with Crippen LogP contribution in [0, 0.1) is 5.41 Å². The van der Waals surface area contributed by atoms with E-state index in [0.29, 0.717) is 11.6 Å². The molecule has 0 spiro atoms. The molecule has 4 radical (unpaired) electrons. The van der Waals surface area contributed by atoms with Crippen LogP contribution in [0.1, 0.15) is 40.0 Å². The molecule has 0 atom stereocenters. The van der Waals surface area contributed by atoms with E-state index in [1.54, 1.807) is 0 Å². The molecule has 1 aliphatic carbocycles. The fourth-order valence-corrected chi connectivity index (χ4v) is 3.88. The number of halogens is 2. The normalized spacial score (nSPS) is 16.4. The van der Waals surface area contributed by atoms with Gasteiger partial charge in [-0.15, -0.1) is 0 Å². The van der Waals surface area contributed by atoms with Gasteiger partial charge in [-0.05, 0) is 65.1 Å². The summed E-state index contributed by atoms with van der Waals surface area (Å²) in [5.74, 6) is 0.830. The third-order valence-electron chi connectivity index (χ3n) is 5.40. The molecule has 1 aromatic carbocycles. The molecule has 0 aliphatic heterocycles. The maximum Gasteiger partial charge on any atom is 0.192 e. The third-order valence-corrected chi connectivity index (χ3v) is 11.1. The van der Waals surface area contributed by atoms with Gasteiger partial charge in [-0.1, -0.05) is 38.8 Å². The lowest BCUT2D eigenvalue weighted by Gasteiger charge is -2.45. The van der Waals surface area contributed by atoms with E-state index in [1.807, 2.05) is 18.2 Å². The van der Waals surface area contributed by atoms with E-state index in [9.17, 15) is 0 Å². The quantitative estimate of drug-likeness (QED) is 0.511. The second-order valence-corrected chi connectivity index (χ2v) is 14.3. The van der Waals surface area contributed by atoms with Crippen molar-refractivity contribution in [2.75, 3.05) is 13.2 Å². The summed E-state index contributed by atoms with van der Waals surface area (Å²) in [6.07, 6.45) is 3.64. The molecule has 0 saturated heterocycles. The standard InChI is InChI=1S/C18H28BrClO2Si.B2/c1-17(2,3)23(4,5)22-13-18(9-6-10-18)12-21-14-7-8-15(19)16(20)11-14;1-2/h7-8,11H,6,9-10,12-13H2,1-5H3;. The van der Waals surface area contributed by atoms with Crippen molar-refractivity contribution in [2.45, 2.75) is 58.2 Å². The molecular formula is C18H28B2BrClO2Si. The zero-order valence-corrected chi connectivity index (χ0v) is 19.3. The van der Waals surface area contributed by atoms with Crippen molar-refractivity contribution < 1.29 is 9.16 Å². The molecule has 25 heavy (non-hydrogen) atoms. The Balaban J connectivity index is 0.00000151. The lowest BCUT2D eigenvalue weighted by atomic mass is 9.70. The first-order chi connectivity index (χ1) is 11.5. The van der Waals surface area contributed by atoms with Crippen LogP contribution in [-0.2, 0) is 4.43 Å². The number of hydrogen-bond donors (Lipinski definition) is 0. The first-order valence-corrected chi connectivity index (χ1v) is 12.7. The van der Waals surface area contributed by atoms with E-state index >= 15 is 0 Å². The number of rotatable bonds is 6. The van der Waals surface area contributed by atoms with Gasteiger partial charge in [0.2, 0.25) is 0 Å². The predicted octanol–water partition coefficient (Wildman–Crippen LogP) is 5.91. The Morgan fingerprint density at radius 3 is 2.24 bits per heavy atom. The zero-order valence-electron chi connectivity index (χ0n) is 16.0. The lowest BCUT2D eigenvalue weighted by Crippen LogP contribution is -2.47. The Morgan fingerprint density at radius 2 is 1.80 bits per heavy atom. The maximum absolute atomic E-state index is 6.46. The van der Waals surface area contributed by atoms with Crippen LogP contribution in [0.4, 0.5) is 0 Å². The molecule has 1 saturated carbocycles. The van der Waals surface area contributed by atoms with Gasteiger partial charge in [0.25, 0.3) is 0 Å². The van der Waals surface area contributed by atoms with E-state index in [4.69, 9.17) is 20.8 Å². The first kappa shape index (κ1) is 23.1. The second-order valence-electron chi connectivity index (χ2n) is 8.27. The molecule has 0 unspecified atom stereocenters. The summed E-state index contributed by atoms with van der Waals surface area (Å²) < 4.78 is 13.4. The topological polar surface area (TPSA) is 18.5 Å². The number of benzene rings is 1. The van der Waals surface area contributed by atoms with Gasteiger partial charge in [-0.25, -0.2) is 0 Å². The smallest absolute Gasteiger partial charge is 0.192 e. The van der Waals surface area contributed by atoms with Crippen molar-refractivity contribution in [2.24, 2.45) is 5.41 Å². The minimum absolute atomic E-state index is 0.176. The second kappa shape index (κ2) is 9.34. The predicted molar refractivity (Wildman–Crippen MR) is 116 cm³/mol. The van der Waals surface area contributed by atoms with Gasteiger partial charge in [0.05, 0.1) is 11.6 Å². The van der Waals surface area contributed by atoms with Gasteiger partial charge in [0, 0.05) is 32.0 Å². The van der Waals surface area contributed by atoms with E-state index < -0.39 is 8.32 Å². The van der Waals surface area contributed by atoms with Gasteiger partial charge in [-0.3, -0.25) is 0 Å². The van der Waals surface area contributed by atoms with Crippen molar-refractivity contribution in [1.29, 1.82) is 0 Å². The Morgan fingerprint density at radius 1 is 1.20 bits per heavy atom. The highest BCUT2D eigenvalue weighted by Gasteiger charge is 2.43. The van der Waals surface area contributed by atoms with Crippen molar-refractivity contribution in [3.8, 4) is 5.75 Å². The van der Waals surface area contributed by atoms with Crippen molar-refractivity contribution >= 4 is 51.3 Å². The van der Waals surface area contributed by atoms with Gasteiger partial charge >= 0.3 is 0 Å². The molecule has 0 heterocycles. The first-order valence-electron chi connectivity index (χ1n) is 8.60. The fourth-order valence-electron chi connectivity index (χ4n) is 2.36. The maximum atomic E-state index is 6.46. The van der Waals surface area contributed by atoms with E-state index in [0.717, 1.165) is 16.8 Å². The molecule has 1 fully saturated rings. The Kier molecular flexibility index (Phi) is 8.64. The molecular weight excluding hydrogens is 413 g/mol. The van der Waals surface area contributed by atoms with Crippen LogP contribution in [0.5, 0.6) is 5.75 Å². The summed E-state index contributed by atoms with van der Waals surface area (Å²) in [5.41, 5.74) is 0.176. The Hall–Kier alpha value is 0.0968. The number of ether oxygens (including phenoxy) is 1. The van der Waals surface area contributed by atoms with E-state index in [2.05, 4.69) is 65.3 Å². The van der Waals surface area contributed by atoms with Crippen LogP contribution in [0.2, 0.25) is 23.2 Å².